The number of carbonyl (C=O) groups is 1. The van der Waals surface area contributed by atoms with Crippen LogP contribution in [0.15, 0.2) is 53.3 Å². The monoisotopic (exact) mass is 317 g/mol. The van der Waals surface area contributed by atoms with Gasteiger partial charge < -0.3 is 0 Å². The van der Waals surface area contributed by atoms with Crippen LogP contribution >= 0.6 is 15.9 Å². The molecule has 0 amide bonds. The van der Waals surface area contributed by atoms with Gasteiger partial charge in [-0.15, -0.1) is 0 Å². The molecule has 1 heterocycles. The molecule has 19 heavy (non-hydrogen) atoms. The first-order valence-corrected chi connectivity index (χ1v) is 6.97. The summed E-state index contributed by atoms with van der Waals surface area (Å²) < 4.78 is 0.898. The Hall–Kier alpha value is -1.48. The SMILES string of the molecule is CC(C)(C(=O)Cc1cncc(Br)c1)c1ccccc1. The zero-order chi connectivity index (χ0) is 13.9. The molecule has 0 fully saturated rings. The molecule has 0 aliphatic rings. The Labute approximate surface area is 122 Å². The first-order valence-electron chi connectivity index (χ1n) is 6.18. The smallest absolute Gasteiger partial charge is 0.147 e. The van der Waals surface area contributed by atoms with Gasteiger partial charge in [-0.05, 0) is 47.0 Å². The number of benzene rings is 1. The maximum atomic E-state index is 12.5. The van der Waals surface area contributed by atoms with Crippen molar-refractivity contribution in [3.63, 3.8) is 0 Å². The molecule has 3 heteroatoms. The lowest BCUT2D eigenvalue weighted by atomic mass is 9.78. The predicted molar refractivity (Wildman–Crippen MR) is 80.1 cm³/mol. The van der Waals surface area contributed by atoms with E-state index in [-0.39, 0.29) is 5.78 Å². The van der Waals surface area contributed by atoms with E-state index in [0.717, 1.165) is 15.6 Å². The molecule has 98 valence electrons. The van der Waals surface area contributed by atoms with E-state index in [2.05, 4.69) is 20.9 Å². The van der Waals surface area contributed by atoms with Crippen LogP contribution in [0.5, 0.6) is 0 Å². The highest BCUT2D eigenvalue weighted by Gasteiger charge is 2.29. The van der Waals surface area contributed by atoms with Gasteiger partial charge >= 0.3 is 0 Å². The Morgan fingerprint density at radius 1 is 1.21 bits per heavy atom. The highest BCUT2D eigenvalue weighted by Crippen LogP contribution is 2.25. The largest absolute Gasteiger partial charge is 0.298 e. The molecule has 2 aromatic rings. The normalized spacial score (nSPS) is 11.3. The summed E-state index contributed by atoms with van der Waals surface area (Å²) in [6, 6.07) is 11.8. The summed E-state index contributed by atoms with van der Waals surface area (Å²) in [6.07, 6.45) is 3.86. The molecule has 0 saturated carbocycles. The molecule has 2 nitrogen and oxygen atoms in total. The minimum Gasteiger partial charge on any atom is -0.298 e. The molecule has 0 bridgehead atoms. The van der Waals surface area contributed by atoms with Crippen LogP contribution in [0.4, 0.5) is 0 Å². The van der Waals surface area contributed by atoms with Crippen molar-refractivity contribution in [1.82, 2.24) is 4.98 Å². The van der Waals surface area contributed by atoms with Crippen molar-refractivity contribution in [2.24, 2.45) is 0 Å². The maximum Gasteiger partial charge on any atom is 0.147 e. The third-order valence-electron chi connectivity index (χ3n) is 3.32. The van der Waals surface area contributed by atoms with Crippen molar-refractivity contribution in [2.75, 3.05) is 0 Å². The molecule has 2 rings (SSSR count). The molecule has 0 spiro atoms. The molecule has 0 unspecified atom stereocenters. The first-order chi connectivity index (χ1) is 9.00. The zero-order valence-electron chi connectivity index (χ0n) is 11.1. The molecule has 0 aliphatic heterocycles. The quantitative estimate of drug-likeness (QED) is 0.855. The van der Waals surface area contributed by atoms with Gasteiger partial charge in [-0.1, -0.05) is 30.3 Å². The van der Waals surface area contributed by atoms with Gasteiger partial charge in [-0.25, -0.2) is 0 Å². The lowest BCUT2D eigenvalue weighted by molar-refractivity contribution is -0.122. The molecular formula is C16H16BrNO. The van der Waals surface area contributed by atoms with Crippen molar-refractivity contribution < 1.29 is 4.79 Å². The second-order valence-corrected chi connectivity index (χ2v) is 6.02. The van der Waals surface area contributed by atoms with Crippen LogP contribution in [0.3, 0.4) is 0 Å². The summed E-state index contributed by atoms with van der Waals surface area (Å²) in [7, 11) is 0. The number of aromatic nitrogens is 1. The maximum absolute atomic E-state index is 12.5. The van der Waals surface area contributed by atoms with Crippen molar-refractivity contribution in [3.05, 3.63) is 64.4 Å². The van der Waals surface area contributed by atoms with Gasteiger partial charge in [0.15, 0.2) is 0 Å². The van der Waals surface area contributed by atoms with Gasteiger partial charge in [0, 0.05) is 28.7 Å². The van der Waals surface area contributed by atoms with E-state index in [4.69, 9.17) is 0 Å². The van der Waals surface area contributed by atoms with E-state index in [9.17, 15) is 4.79 Å². The first kappa shape index (κ1) is 13.9. The van der Waals surface area contributed by atoms with Crippen molar-refractivity contribution >= 4 is 21.7 Å². The van der Waals surface area contributed by atoms with E-state index in [1.807, 2.05) is 50.2 Å². The molecule has 1 aromatic heterocycles. The average molecular weight is 318 g/mol. The van der Waals surface area contributed by atoms with Gasteiger partial charge in [0.1, 0.15) is 5.78 Å². The Morgan fingerprint density at radius 2 is 1.89 bits per heavy atom. The highest BCUT2D eigenvalue weighted by atomic mass is 79.9. The number of ketones is 1. The fourth-order valence-electron chi connectivity index (χ4n) is 1.97. The van der Waals surface area contributed by atoms with E-state index >= 15 is 0 Å². The number of nitrogens with zero attached hydrogens (tertiary/aromatic N) is 1. The van der Waals surface area contributed by atoms with Crippen molar-refractivity contribution in [2.45, 2.75) is 25.7 Å². The van der Waals surface area contributed by atoms with Crippen LogP contribution in [0, 0.1) is 0 Å². The molecule has 0 N–H and O–H groups in total. The van der Waals surface area contributed by atoms with Crippen LogP contribution in [0.2, 0.25) is 0 Å². The molecular weight excluding hydrogens is 302 g/mol. The van der Waals surface area contributed by atoms with Crippen LogP contribution in [-0.4, -0.2) is 10.8 Å². The number of carbonyl (C=O) groups excluding carboxylic acids is 1. The fourth-order valence-corrected chi connectivity index (χ4v) is 2.39. The Balaban J connectivity index is 2.20. The number of hydrogen-bond donors (Lipinski definition) is 0. The van der Waals surface area contributed by atoms with E-state index in [1.54, 1.807) is 12.4 Å². The van der Waals surface area contributed by atoms with E-state index < -0.39 is 5.41 Å². The van der Waals surface area contributed by atoms with Gasteiger partial charge in [-0.3, -0.25) is 9.78 Å². The van der Waals surface area contributed by atoms with Crippen LogP contribution in [0.25, 0.3) is 0 Å². The number of hydrogen-bond acceptors (Lipinski definition) is 2. The third-order valence-corrected chi connectivity index (χ3v) is 3.75. The second kappa shape index (κ2) is 5.66. The van der Waals surface area contributed by atoms with Crippen LogP contribution < -0.4 is 0 Å². The number of halogens is 1. The zero-order valence-corrected chi connectivity index (χ0v) is 12.6. The van der Waals surface area contributed by atoms with Gasteiger partial charge in [-0.2, -0.15) is 0 Å². The van der Waals surface area contributed by atoms with Gasteiger partial charge in [0.2, 0.25) is 0 Å². The van der Waals surface area contributed by atoms with Crippen molar-refractivity contribution in [3.8, 4) is 0 Å². The topological polar surface area (TPSA) is 30.0 Å². The summed E-state index contributed by atoms with van der Waals surface area (Å²) in [6.45, 7) is 3.94. The standard InChI is InChI=1S/C16H16BrNO/c1-16(2,13-6-4-3-5-7-13)15(19)9-12-8-14(17)11-18-10-12/h3-8,10-11H,9H2,1-2H3. The average Bonchev–Trinajstić information content (AvgIpc) is 2.39. The fraction of sp³-hybridized carbons (Fsp3) is 0.250. The van der Waals surface area contributed by atoms with Crippen LogP contribution in [-0.2, 0) is 16.6 Å². The second-order valence-electron chi connectivity index (χ2n) is 5.10. The summed E-state index contributed by atoms with van der Waals surface area (Å²) in [5, 5.41) is 0. The van der Waals surface area contributed by atoms with Gasteiger partial charge in [0.05, 0.1) is 0 Å². The summed E-state index contributed by atoms with van der Waals surface area (Å²) in [4.78, 5) is 16.6. The Kier molecular flexibility index (Phi) is 4.15. The minimum absolute atomic E-state index is 0.193. The lowest BCUT2D eigenvalue weighted by Crippen LogP contribution is -2.30. The molecule has 0 radical (unpaired) electrons. The lowest BCUT2D eigenvalue weighted by Gasteiger charge is -2.23. The Bertz CT molecular complexity index is 578. The summed E-state index contributed by atoms with van der Waals surface area (Å²) in [5.74, 6) is 0.193. The molecule has 0 saturated heterocycles. The minimum atomic E-state index is -0.483. The van der Waals surface area contributed by atoms with E-state index in [1.165, 1.54) is 0 Å². The number of rotatable bonds is 4. The molecule has 0 aliphatic carbocycles. The van der Waals surface area contributed by atoms with Gasteiger partial charge in [0.25, 0.3) is 0 Å². The predicted octanol–water partition coefficient (Wildman–Crippen LogP) is 3.93. The molecule has 1 aromatic carbocycles. The highest BCUT2D eigenvalue weighted by molar-refractivity contribution is 9.10. The van der Waals surface area contributed by atoms with E-state index in [0.29, 0.717) is 6.42 Å². The van der Waals surface area contributed by atoms with Crippen LogP contribution in [0.1, 0.15) is 25.0 Å². The number of Topliss-reactive ketones (excluding diaryl/α,β-unsaturated/α-hetero) is 1. The number of pyridine rings is 1. The summed E-state index contributed by atoms with van der Waals surface area (Å²) >= 11 is 3.37. The third kappa shape index (κ3) is 3.29. The summed E-state index contributed by atoms with van der Waals surface area (Å²) in [5.41, 5.74) is 1.50. The van der Waals surface area contributed by atoms with Crippen molar-refractivity contribution in [1.29, 1.82) is 0 Å². The molecule has 0 atom stereocenters. The Morgan fingerprint density at radius 3 is 2.53 bits per heavy atom.